The van der Waals surface area contributed by atoms with Gasteiger partial charge in [-0.2, -0.15) is 0 Å². The molecule has 1 aliphatic rings. The summed E-state index contributed by atoms with van der Waals surface area (Å²) in [6, 6.07) is 6.77. The Hall–Kier alpha value is -2.04. The van der Waals surface area contributed by atoms with Gasteiger partial charge in [-0.3, -0.25) is 4.79 Å². The fraction of sp³-hybridized carbons (Fsp3) is 0.467. The molecule has 1 fully saturated rings. The van der Waals surface area contributed by atoms with Gasteiger partial charge >= 0.3 is 5.97 Å². The Kier molecular flexibility index (Phi) is 4.61. The van der Waals surface area contributed by atoms with Gasteiger partial charge < -0.3 is 15.2 Å². The van der Waals surface area contributed by atoms with Crippen LogP contribution in [0.25, 0.3) is 0 Å². The van der Waals surface area contributed by atoms with Crippen molar-refractivity contribution >= 4 is 11.9 Å². The van der Waals surface area contributed by atoms with E-state index in [1.54, 1.807) is 7.11 Å². The maximum Gasteiger partial charge on any atom is 0.326 e. The Balaban J connectivity index is 1.80. The molecule has 0 bridgehead atoms. The van der Waals surface area contributed by atoms with Crippen molar-refractivity contribution < 1.29 is 19.4 Å². The van der Waals surface area contributed by atoms with E-state index in [0.717, 1.165) is 24.2 Å². The maximum absolute atomic E-state index is 11.8. The summed E-state index contributed by atoms with van der Waals surface area (Å²) in [5.41, 5.74) is 1.03. The van der Waals surface area contributed by atoms with Crippen LogP contribution in [0.15, 0.2) is 24.3 Å². The second-order valence-corrected chi connectivity index (χ2v) is 5.07. The minimum atomic E-state index is -0.940. The molecule has 1 saturated carbocycles. The second kappa shape index (κ2) is 6.41. The zero-order valence-corrected chi connectivity index (χ0v) is 11.5. The number of benzene rings is 1. The number of carbonyl (C=O) groups excluding carboxylic acids is 1. The van der Waals surface area contributed by atoms with Crippen molar-refractivity contribution in [1.82, 2.24) is 5.32 Å². The van der Waals surface area contributed by atoms with Crippen LogP contribution in [0.3, 0.4) is 0 Å². The third-order valence-corrected chi connectivity index (χ3v) is 3.48. The highest BCUT2D eigenvalue weighted by molar-refractivity contribution is 5.84. The zero-order valence-electron chi connectivity index (χ0n) is 11.5. The van der Waals surface area contributed by atoms with Gasteiger partial charge in [-0.05, 0) is 42.9 Å². The number of amides is 1. The Morgan fingerprint density at radius 2 is 2.00 bits per heavy atom. The smallest absolute Gasteiger partial charge is 0.326 e. The van der Waals surface area contributed by atoms with Crippen LogP contribution in [-0.4, -0.2) is 30.1 Å². The number of ether oxygens (including phenoxy) is 1. The van der Waals surface area contributed by atoms with Crippen LogP contribution in [-0.2, 0) is 16.0 Å². The molecule has 2 rings (SSSR count). The Bertz CT molecular complexity index is 479. The van der Waals surface area contributed by atoms with E-state index in [1.165, 1.54) is 0 Å². The molecular formula is C15H19NO4. The number of rotatable bonds is 7. The number of aliphatic carboxylic acids is 1. The van der Waals surface area contributed by atoms with Gasteiger partial charge in [0.2, 0.25) is 5.91 Å². The van der Waals surface area contributed by atoms with Crippen molar-refractivity contribution in [3.8, 4) is 5.75 Å². The van der Waals surface area contributed by atoms with Crippen LogP contribution in [0.2, 0.25) is 0 Å². The van der Waals surface area contributed by atoms with Crippen LogP contribution in [0.4, 0.5) is 0 Å². The molecule has 1 aromatic rings. The molecule has 0 radical (unpaired) electrons. The van der Waals surface area contributed by atoms with E-state index in [-0.39, 0.29) is 11.8 Å². The maximum atomic E-state index is 11.8. The SMILES string of the molecule is COc1ccc(CCC(=O)NC(C(=O)O)C2CC2)cc1. The average molecular weight is 277 g/mol. The number of carbonyl (C=O) groups is 2. The molecule has 5 nitrogen and oxygen atoms in total. The minimum absolute atomic E-state index is 0.109. The molecule has 0 saturated heterocycles. The summed E-state index contributed by atoms with van der Waals surface area (Å²) in [7, 11) is 1.60. The van der Waals surface area contributed by atoms with E-state index in [1.807, 2.05) is 24.3 Å². The largest absolute Gasteiger partial charge is 0.497 e. The summed E-state index contributed by atoms with van der Waals surface area (Å²) in [6.45, 7) is 0. The standard InChI is InChI=1S/C15H19NO4/c1-20-12-7-2-10(3-8-12)4-9-13(17)16-14(15(18)19)11-5-6-11/h2-3,7-8,11,14H,4-6,9H2,1H3,(H,16,17)(H,18,19). The van der Waals surface area contributed by atoms with Gasteiger partial charge in [0.15, 0.2) is 0 Å². The number of nitrogens with one attached hydrogen (secondary N) is 1. The number of carboxylic acids is 1. The predicted molar refractivity (Wildman–Crippen MR) is 73.6 cm³/mol. The molecule has 1 aliphatic carbocycles. The lowest BCUT2D eigenvalue weighted by Gasteiger charge is -2.13. The highest BCUT2D eigenvalue weighted by Gasteiger charge is 2.37. The third kappa shape index (κ3) is 3.98. The van der Waals surface area contributed by atoms with Crippen LogP contribution in [0, 0.1) is 5.92 Å². The first kappa shape index (κ1) is 14.4. The molecule has 1 unspecified atom stereocenters. The Labute approximate surface area is 117 Å². The number of carboxylic acid groups (broad SMARTS) is 1. The van der Waals surface area contributed by atoms with Gasteiger partial charge in [-0.1, -0.05) is 12.1 Å². The lowest BCUT2D eigenvalue weighted by Crippen LogP contribution is -2.42. The van der Waals surface area contributed by atoms with Crippen molar-refractivity contribution in [3.05, 3.63) is 29.8 Å². The number of methoxy groups -OCH3 is 1. The lowest BCUT2D eigenvalue weighted by molar-refractivity contribution is -0.142. The number of hydrogen-bond acceptors (Lipinski definition) is 3. The van der Waals surface area contributed by atoms with E-state index >= 15 is 0 Å². The summed E-state index contributed by atoms with van der Waals surface area (Å²) in [5.74, 6) is -0.263. The molecule has 1 aromatic carbocycles. The van der Waals surface area contributed by atoms with Crippen LogP contribution >= 0.6 is 0 Å². The summed E-state index contributed by atoms with van der Waals surface area (Å²) >= 11 is 0. The van der Waals surface area contributed by atoms with Gasteiger partial charge in [0.05, 0.1) is 7.11 Å². The van der Waals surface area contributed by atoms with Crippen molar-refractivity contribution in [2.45, 2.75) is 31.7 Å². The molecule has 108 valence electrons. The van der Waals surface area contributed by atoms with Gasteiger partial charge in [0.1, 0.15) is 11.8 Å². The molecule has 2 N–H and O–H groups in total. The van der Waals surface area contributed by atoms with Crippen LogP contribution < -0.4 is 10.1 Å². The van der Waals surface area contributed by atoms with Gasteiger partial charge in [-0.15, -0.1) is 0 Å². The lowest BCUT2D eigenvalue weighted by atomic mass is 10.1. The van der Waals surface area contributed by atoms with Crippen molar-refractivity contribution in [2.75, 3.05) is 7.11 Å². The van der Waals surface area contributed by atoms with E-state index < -0.39 is 12.0 Å². The summed E-state index contributed by atoms with van der Waals surface area (Å²) < 4.78 is 5.06. The second-order valence-electron chi connectivity index (χ2n) is 5.07. The summed E-state index contributed by atoms with van der Waals surface area (Å²) in [4.78, 5) is 22.8. The molecule has 0 aliphatic heterocycles. The topological polar surface area (TPSA) is 75.6 Å². The van der Waals surface area contributed by atoms with E-state index in [9.17, 15) is 9.59 Å². The van der Waals surface area contributed by atoms with Crippen molar-refractivity contribution in [2.24, 2.45) is 5.92 Å². The first-order valence-electron chi connectivity index (χ1n) is 6.75. The molecule has 5 heteroatoms. The number of hydrogen-bond donors (Lipinski definition) is 2. The molecule has 0 spiro atoms. The highest BCUT2D eigenvalue weighted by atomic mass is 16.5. The van der Waals surface area contributed by atoms with Gasteiger partial charge in [0, 0.05) is 6.42 Å². The Morgan fingerprint density at radius 1 is 1.35 bits per heavy atom. The average Bonchev–Trinajstić information content (AvgIpc) is 3.27. The molecule has 20 heavy (non-hydrogen) atoms. The van der Waals surface area contributed by atoms with E-state index in [0.29, 0.717) is 12.8 Å². The number of aryl methyl sites for hydroxylation is 1. The molecule has 1 atom stereocenters. The van der Waals surface area contributed by atoms with Gasteiger partial charge in [0.25, 0.3) is 0 Å². The summed E-state index contributed by atoms with van der Waals surface area (Å²) in [5, 5.41) is 11.7. The van der Waals surface area contributed by atoms with E-state index in [2.05, 4.69) is 5.32 Å². The van der Waals surface area contributed by atoms with E-state index in [4.69, 9.17) is 9.84 Å². The monoisotopic (exact) mass is 277 g/mol. The van der Waals surface area contributed by atoms with Crippen LogP contribution in [0.1, 0.15) is 24.8 Å². The first-order chi connectivity index (χ1) is 9.60. The third-order valence-electron chi connectivity index (χ3n) is 3.48. The van der Waals surface area contributed by atoms with Crippen LogP contribution in [0.5, 0.6) is 5.75 Å². The molecular weight excluding hydrogens is 258 g/mol. The molecule has 0 aromatic heterocycles. The fourth-order valence-corrected chi connectivity index (χ4v) is 2.11. The Morgan fingerprint density at radius 3 is 2.50 bits per heavy atom. The summed E-state index contributed by atoms with van der Waals surface area (Å²) in [6.07, 6.45) is 2.65. The molecule has 0 heterocycles. The first-order valence-corrected chi connectivity index (χ1v) is 6.75. The molecule has 1 amide bonds. The normalized spacial score (nSPS) is 15.4. The van der Waals surface area contributed by atoms with Crippen molar-refractivity contribution in [3.63, 3.8) is 0 Å². The zero-order chi connectivity index (χ0) is 14.5. The predicted octanol–water partition coefficient (Wildman–Crippen LogP) is 1.61. The highest BCUT2D eigenvalue weighted by Crippen LogP contribution is 2.32. The minimum Gasteiger partial charge on any atom is -0.497 e. The fourth-order valence-electron chi connectivity index (χ4n) is 2.11. The van der Waals surface area contributed by atoms with Crippen molar-refractivity contribution in [1.29, 1.82) is 0 Å². The van der Waals surface area contributed by atoms with Gasteiger partial charge in [-0.25, -0.2) is 4.79 Å². The quantitative estimate of drug-likeness (QED) is 0.794.